The predicted octanol–water partition coefficient (Wildman–Crippen LogP) is 0.555. The van der Waals surface area contributed by atoms with Gasteiger partial charge in [-0.1, -0.05) is 0 Å². The number of hydrogen-bond acceptors (Lipinski definition) is 5. The SMILES string of the molecule is CN(C)c1ccc(NC(=O)c2cn(CCN)cn2)cn1. The lowest BCUT2D eigenvalue weighted by atomic mass is 10.3. The van der Waals surface area contributed by atoms with E-state index >= 15 is 0 Å². The second-order valence-corrected chi connectivity index (χ2v) is 4.54. The van der Waals surface area contributed by atoms with Gasteiger partial charge in [-0.2, -0.15) is 0 Å². The number of pyridine rings is 1. The Balaban J connectivity index is 2.03. The summed E-state index contributed by atoms with van der Waals surface area (Å²) in [4.78, 5) is 22.2. The normalized spacial score (nSPS) is 10.3. The van der Waals surface area contributed by atoms with Crippen LogP contribution in [-0.2, 0) is 6.54 Å². The number of nitrogens with one attached hydrogen (secondary N) is 1. The first-order valence-corrected chi connectivity index (χ1v) is 6.26. The number of amides is 1. The third-order valence-corrected chi connectivity index (χ3v) is 2.72. The molecular formula is C13H18N6O. The van der Waals surface area contributed by atoms with Crippen LogP contribution in [0, 0.1) is 0 Å². The Kier molecular flexibility index (Phi) is 4.31. The van der Waals surface area contributed by atoms with Gasteiger partial charge >= 0.3 is 0 Å². The summed E-state index contributed by atoms with van der Waals surface area (Å²) in [6.07, 6.45) is 4.88. The molecule has 3 N–H and O–H groups in total. The van der Waals surface area contributed by atoms with E-state index in [1.165, 1.54) is 0 Å². The zero-order valence-electron chi connectivity index (χ0n) is 11.6. The van der Waals surface area contributed by atoms with Gasteiger partial charge in [0, 0.05) is 33.4 Å². The van der Waals surface area contributed by atoms with Crippen LogP contribution in [0.2, 0.25) is 0 Å². The van der Waals surface area contributed by atoms with E-state index in [9.17, 15) is 4.79 Å². The Morgan fingerprint density at radius 1 is 1.40 bits per heavy atom. The minimum absolute atomic E-state index is 0.264. The molecule has 0 atom stereocenters. The monoisotopic (exact) mass is 274 g/mol. The Hall–Kier alpha value is -2.41. The van der Waals surface area contributed by atoms with Gasteiger partial charge in [-0.3, -0.25) is 4.79 Å². The predicted molar refractivity (Wildman–Crippen MR) is 77.8 cm³/mol. The quantitative estimate of drug-likeness (QED) is 0.831. The average Bonchev–Trinajstić information content (AvgIpc) is 2.88. The Morgan fingerprint density at radius 2 is 2.20 bits per heavy atom. The molecule has 106 valence electrons. The van der Waals surface area contributed by atoms with Crippen LogP contribution >= 0.6 is 0 Å². The van der Waals surface area contributed by atoms with E-state index in [0.717, 1.165) is 5.82 Å². The second kappa shape index (κ2) is 6.16. The number of rotatable bonds is 5. The highest BCUT2D eigenvalue weighted by molar-refractivity contribution is 6.02. The molecule has 0 unspecified atom stereocenters. The molecule has 0 saturated carbocycles. The first-order valence-electron chi connectivity index (χ1n) is 6.26. The van der Waals surface area contributed by atoms with E-state index in [-0.39, 0.29) is 5.91 Å². The van der Waals surface area contributed by atoms with Crippen LogP contribution in [0.5, 0.6) is 0 Å². The molecule has 7 heteroatoms. The molecule has 1 amide bonds. The number of anilines is 2. The summed E-state index contributed by atoms with van der Waals surface area (Å²) in [6, 6.07) is 3.64. The van der Waals surface area contributed by atoms with Crippen LogP contribution in [0.15, 0.2) is 30.9 Å². The number of carbonyl (C=O) groups is 1. The van der Waals surface area contributed by atoms with Crippen LogP contribution in [0.25, 0.3) is 0 Å². The summed E-state index contributed by atoms with van der Waals surface area (Å²) >= 11 is 0. The number of carbonyl (C=O) groups excluding carboxylic acids is 1. The molecule has 0 aliphatic heterocycles. The van der Waals surface area contributed by atoms with Crippen molar-refractivity contribution in [2.45, 2.75) is 6.54 Å². The summed E-state index contributed by atoms with van der Waals surface area (Å²) in [6.45, 7) is 1.15. The molecule has 0 aliphatic carbocycles. The molecule has 0 aliphatic rings. The van der Waals surface area contributed by atoms with Crippen molar-refractivity contribution in [2.75, 3.05) is 30.9 Å². The third kappa shape index (κ3) is 3.33. The zero-order chi connectivity index (χ0) is 14.5. The van der Waals surface area contributed by atoms with E-state index in [2.05, 4.69) is 15.3 Å². The van der Waals surface area contributed by atoms with Crippen LogP contribution in [0.4, 0.5) is 11.5 Å². The maximum atomic E-state index is 12.0. The van der Waals surface area contributed by atoms with Gasteiger partial charge in [0.05, 0.1) is 18.2 Å². The van der Waals surface area contributed by atoms with Crippen molar-refractivity contribution in [3.8, 4) is 0 Å². The molecule has 2 aromatic rings. The number of nitrogens with zero attached hydrogens (tertiary/aromatic N) is 4. The van der Waals surface area contributed by atoms with E-state index in [1.807, 2.05) is 25.1 Å². The summed E-state index contributed by atoms with van der Waals surface area (Å²) in [5.41, 5.74) is 6.44. The molecule has 2 aromatic heterocycles. The molecule has 20 heavy (non-hydrogen) atoms. The lowest BCUT2D eigenvalue weighted by Crippen LogP contribution is -2.14. The molecule has 0 radical (unpaired) electrons. The number of hydrogen-bond donors (Lipinski definition) is 2. The highest BCUT2D eigenvalue weighted by atomic mass is 16.1. The minimum atomic E-state index is -0.264. The third-order valence-electron chi connectivity index (χ3n) is 2.72. The molecule has 0 aromatic carbocycles. The summed E-state index contributed by atoms with van der Waals surface area (Å²) in [5.74, 6) is 0.565. The van der Waals surface area contributed by atoms with Crippen molar-refractivity contribution >= 4 is 17.4 Å². The molecule has 0 saturated heterocycles. The van der Waals surface area contributed by atoms with Crippen molar-refractivity contribution in [3.05, 3.63) is 36.5 Å². The fourth-order valence-corrected chi connectivity index (χ4v) is 1.67. The van der Waals surface area contributed by atoms with Gasteiger partial charge in [0.15, 0.2) is 0 Å². The standard InChI is InChI=1S/C13H18N6O/c1-18(2)12-4-3-10(7-15-12)17-13(20)11-8-19(6-5-14)9-16-11/h3-4,7-9H,5-6,14H2,1-2H3,(H,17,20). The summed E-state index contributed by atoms with van der Waals surface area (Å²) in [5, 5.41) is 2.75. The van der Waals surface area contributed by atoms with Gasteiger partial charge in [-0.25, -0.2) is 9.97 Å². The van der Waals surface area contributed by atoms with Gasteiger partial charge in [0.1, 0.15) is 11.5 Å². The van der Waals surface area contributed by atoms with E-state index in [0.29, 0.717) is 24.5 Å². The molecule has 0 spiro atoms. The van der Waals surface area contributed by atoms with Gasteiger partial charge in [-0.05, 0) is 12.1 Å². The van der Waals surface area contributed by atoms with Crippen LogP contribution in [0.1, 0.15) is 10.5 Å². The average molecular weight is 274 g/mol. The lowest BCUT2D eigenvalue weighted by molar-refractivity contribution is 0.102. The highest BCUT2D eigenvalue weighted by Gasteiger charge is 2.10. The fraction of sp³-hybridized carbons (Fsp3) is 0.308. The van der Waals surface area contributed by atoms with E-state index in [1.54, 1.807) is 29.4 Å². The fourth-order valence-electron chi connectivity index (χ4n) is 1.67. The lowest BCUT2D eigenvalue weighted by Gasteiger charge is -2.11. The Morgan fingerprint density at radius 3 is 2.80 bits per heavy atom. The number of imidazole rings is 1. The van der Waals surface area contributed by atoms with Crippen molar-refractivity contribution in [1.29, 1.82) is 0 Å². The van der Waals surface area contributed by atoms with Crippen LogP contribution in [0.3, 0.4) is 0 Å². The van der Waals surface area contributed by atoms with Gasteiger partial charge in [-0.15, -0.1) is 0 Å². The van der Waals surface area contributed by atoms with Crippen LogP contribution in [-0.4, -0.2) is 41.1 Å². The second-order valence-electron chi connectivity index (χ2n) is 4.54. The van der Waals surface area contributed by atoms with Crippen LogP contribution < -0.4 is 16.0 Å². The molecule has 2 rings (SSSR count). The molecule has 7 nitrogen and oxygen atoms in total. The molecule has 0 bridgehead atoms. The van der Waals surface area contributed by atoms with Crippen molar-refractivity contribution < 1.29 is 4.79 Å². The van der Waals surface area contributed by atoms with Crippen molar-refractivity contribution in [1.82, 2.24) is 14.5 Å². The maximum absolute atomic E-state index is 12.0. The maximum Gasteiger partial charge on any atom is 0.275 e. The minimum Gasteiger partial charge on any atom is -0.363 e. The first kappa shape index (κ1) is 14.0. The molecular weight excluding hydrogens is 256 g/mol. The van der Waals surface area contributed by atoms with Crippen molar-refractivity contribution in [2.24, 2.45) is 5.73 Å². The highest BCUT2D eigenvalue weighted by Crippen LogP contribution is 2.12. The Labute approximate surface area is 117 Å². The largest absolute Gasteiger partial charge is 0.363 e. The van der Waals surface area contributed by atoms with Crippen molar-refractivity contribution in [3.63, 3.8) is 0 Å². The van der Waals surface area contributed by atoms with Gasteiger partial charge in [0.2, 0.25) is 0 Å². The van der Waals surface area contributed by atoms with E-state index < -0.39 is 0 Å². The summed E-state index contributed by atoms with van der Waals surface area (Å²) in [7, 11) is 3.81. The smallest absolute Gasteiger partial charge is 0.275 e. The van der Waals surface area contributed by atoms with Gasteiger partial charge in [0.25, 0.3) is 5.91 Å². The number of aromatic nitrogens is 3. The zero-order valence-corrected chi connectivity index (χ0v) is 11.6. The topological polar surface area (TPSA) is 89.1 Å². The van der Waals surface area contributed by atoms with E-state index in [4.69, 9.17) is 5.73 Å². The summed E-state index contributed by atoms with van der Waals surface area (Å²) < 4.78 is 1.78. The molecule has 2 heterocycles. The first-order chi connectivity index (χ1) is 9.60. The molecule has 0 fully saturated rings. The number of nitrogens with two attached hydrogens (primary N) is 1. The van der Waals surface area contributed by atoms with Gasteiger partial charge < -0.3 is 20.5 Å². The Bertz CT molecular complexity index is 575.